The molecule has 8 heteroatoms. The van der Waals surface area contributed by atoms with Gasteiger partial charge in [0.05, 0.1) is 18.0 Å². The van der Waals surface area contributed by atoms with E-state index in [1.165, 1.54) is 11.1 Å². The third kappa shape index (κ3) is 5.33. The van der Waals surface area contributed by atoms with Gasteiger partial charge >= 0.3 is 6.09 Å². The number of imidazole rings is 1. The molecule has 8 nitrogen and oxygen atoms in total. The number of carbonyl (C=O) groups is 1. The van der Waals surface area contributed by atoms with Gasteiger partial charge in [0.25, 0.3) is 0 Å². The van der Waals surface area contributed by atoms with Crippen LogP contribution in [0.4, 0.5) is 16.3 Å². The summed E-state index contributed by atoms with van der Waals surface area (Å²) in [7, 11) is 4.05. The number of hydrogen-bond acceptors (Lipinski definition) is 6. The van der Waals surface area contributed by atoms with Gasteiger partial charge in [-0.2, -0.15) is 0 Å². The standard InChI is InChI=1S/C26H36N6O2/c1-7-19-12-18(14-27-20-10-11-32(16-20)25(33)34-26(2,3)4)8-9-22(19)31(6)24-13-23-21(15-28-24)29-17-30(23)5/h8-9,12-13,15,17,20,27H,7,10-11,14,16H2,1-6H3. The molecule has 1 aliphatic rings. The van der Waals surface area contributed by atoms with Crippen LogP contribution in [0.3, 0.4) is 0 Å². The lowest BCUT2D eigenvalue weighted by Gasteiger charge is -2.24. The van der Waals surface area contributed by atoms with E-state index in [9.17, 15) is 4.79 Å². The van der Waals surface area contributed by atoms with E-state index in [2.05, 4.69) is 58.4 Å². The fourth-order valence-electron chi connectivity index (χ4n) is 4.37. The lowest BCUT2D eigenvalue weighted by atomic mass is 10.0. The molecule has 1 atom stereocenters. The Morgan fingerprint density at radius 1 is 1.26 bits per heavy atom. The van der Waals surface area contributed by atoms with Gasteiger partial charge in [0.15, 0.2) is 0 Å². The van der Waals surface area contributed by atoms with Crippen molar-refractivity contribution in [3.05, 3.63) is 47.9 Å². The van der Waals surface area contributed by atoms with Gasteiger partial charge in [-0.25, -0.2) is 14.8 Å². The van der Waals surface area contributed by atoms with E-state index >= 15 is 0 Å². The van der Waals surface area contributed by atoms with Crippen LogP contribution in [0, 0.1) is 0 Å². The quantitative estimate of drug-likeness (QED) is 0.583. The number of pyridine rings is 1. The topological polar surface area (TPSA) is 75.5 Å². The summed E-state index contributed by atoms with van der Waals surface area (Å²) in [6, 6.07) is 8.96. The van der Waals surface area contributed by atoms with Crippen molar-refractivity contribution < 1.29 is 9.53 Å². The smallest absolute Gasteiger partial charge is 0.410 e. The summed E-state index contributed by atoms with van der Waals surface area (Å²) in [4.78, 5) is 25.2. The summed E-state index contributed by atoms with van der Waals surface area (Å²) >= 11 is 0. The Balaban J connectivity index is 1.40. The maximum atomic E-state index is 12.3. The minimum absolute atomic E-state index is 0.226. The number of benzene rings is 1. The molecule has 0 saturated carbocycles. The average molecular weight is 465 g/mol. The van der Waals surface area contributed by atoms with E-state index < -0.39 is 5.60 Å². The Bertz CT molecular complexity index is 1170. The van der Waals surface area contributed by atoms with Crippen LogP contribution in [0.2, 0.25) is 0 Å². The number of likely N-dealkylation sites (tertiary alicyclic amines) is 1. The van der Waals surface area contributed by atoms with Gasteiger partial charge < -0.3 is 24.4 Å². The monoisotopic (exact) mass is 464 g/mol. The summed E-state index contributed by atoms with van der Waals surface area (Å²) in [5.41, 5.74) is 5.15. The first kappa shape index (κ1) is 24.0. The van der Waals surface area contributed by atoms with Crippen molar-refractivity contribution in [2.24, 2.45) is 7.05 Å². The summed E-state index contributed by atoms with van der Waals surface area (Å²) in [5, 5.41) is 3.62. The highest BCUT2D eigenvalue weighted by Crippen LogP contribution is 2.29. The number of hydrogen-bond donors (Lipinski definition) is 1. The van der Waals surface area contributed by atoms with Gasteiger partial charge in [-0.05, 0) is 50.8 Å². The second-order valence-electron chi connectivity index (χ2n) is 10.1. The summed E-state index contributed by atoms with van der Waals surface area (Å²) in [6.07, 6.45) is 5.27. The van der Waals surface area contributed by atoms with Crippen molar-refractivity contribution in [1.82, 2.24) is 24.8 Å². The van der Waals surface area contributed by atoms with Crippen molar-refractivity contribution in [2.45, 2.75) is 58.7 Å². The van der Waals surface area contributed by atoms with Gasteiger partial charge in [0.2, 0.25) is 0 Å². The van der Waals surface area contributed by atoms with Gasteiger partial charge in [0.1, 0.15) is 16.9 Å². The molecule has 4 rings (SSSR count). The number of nitrogens with one attached hydrogen (secondary N) is 1. The van der Waals surface area contributed by atoms with E-state index in [1.54, 1.807) is 4.90 Å². The summed E-state index contributed by atoms with van der Waals surface area (Å²) in [6.45, 7) is 10.0. The van der Waals surface area contributed by atoms with Crippen molar-refractivity contribution in [3.63, 3.8) is 0 Å². The predicted octanol–water partition coefficient (Wildman–Crippen LogP) is 4.40. The zero-order valence-corrected chi connectivity index (χ0v) is 21.1. The SMILES string of the molecule is CCc1cc(CNC2CCN(C(=O)OC(C)(C)C)C2)ccc1N(C)c1cc2c(cn1)ncn2C. The second-order valence-corrected chi connectivity index (χ2v) is 10.1. The van der Waals surface area contributed by atoms with Crippen molar-refractivity contribution in [1.29, 1.82) is 0 Å². The number of nitrogens with zero attached hydrogens (tertiary/aromatic N) is 5. The van der Waals surface area contributed by atoms with Crippen molar-refractivity contribution >= 4 is 28.6 Å². The third-order valence-electron chi connectivity index (χ3n) is 6.26. The fourth-order valence-corrected chi connectivity index (χ4v) is 4.37. The molecule has 0 radical (unpaired) electrons. The molecule has 2 aromatic heterocycles. The van der Waals surface area contributed by atoms with Crippen LogP contribution in [-0.4, -0.2) is 57.3 Å². The number of aromatic nitrogens is 3. The Labute approximate surface area is 201 Å². The third-order valence-corrected chi connectivity index (χ3v) is 6.26. The van der Waals surface area contributed by atoms with Crippen LogP contribution in [0.15, 0.2) is 36.8 Å². The van der Waals surface area contributed by atoms with E-state index in [0.29, 0.717) is 6.54 Å². The minimum atomic E-state index is -0.465. The van der Waals surface area contributed by atoms with E-state index in [0.717, 1.165) is 48.5 Å². The number of carbonyl (C=O) groups excluding carboxylic acids is 1. The first-order valence-electron chi connectivity index (χ1n) is 12.0. The van der Waals surface area contributed by atoms with E-state index in [1.807, 2.05) is 44.9 Å². The number of fused-ring (bicyclic) bond motifs is 1. The molecule has 0 aliphatic carbocycles. The molecule has 1 N–H and O–H groups in total. The number of anilines is 2. The molecule has 3 heterocycles. The molecule has 1 amide bonds. The van der Waals surface area contributed by atoms with Crippen LogP contribution in [0.5, 0.6) is 0 Å². The minimum Gasteiger partial charge on any atom is -0.444 e. The molecule has 34 heavy (non-hydrogen) atoms. The first-order valence-corrected chi connectivity index (χ1v) is 12.0. The van der Waals surface area contributed by atoms with Crippen LogP contribution < -0.4 is 10.2 Å². The van der Waals surface area contributed by atoms with Gasteiger partial charge in [0, 0.05) is 51.5 Å². The molecular formula is C26H36N6O2. The molecule has 1 fully saturated rings. The largest absolute Gasteiger partial charge is 0.444 e. The van der Waals surface area contributed by atoms with Crippen LogP contribution in [0.25, 0.3) is 11.0 Å². The van der Waals surface area contributed by atoms with Gasteiger partial charge in [-0.15, -0.1) is 0 Å². The zero-order valence-electron chi connectivity index (χ0n) is 21.1. The highest BCUT2D eigenvalue weighted by Gasteiger charge is 2.29. The van der Waals surface area contributed by atoms with Crippen molar-refractivity contribution in [3.8, 4) is 0 Å². The van der Waals surface area contributed by atoms with E-state index in [4.69, 9.17) is 4.74 Å². The Hall–Kier alpha value is -3.13. The maximum Gasteiger partial charge on any atom is 0.410 e. The number of ether oxygens (including phenoxy) is 1. The summed E-state index contributed by atoms with van der Waals surface area (Å²) in [5.74, 6) is 0.893. The molecule has 3 aromatic rings. The Kier molecular flexibility index (Phi) is 6.79. The Morgan fingerprint density at radius 3 is 2.79 bits per heavy atom. The molecular weight excluding hydrogens is 428 g/mol. The number of aryl methyl sites for hydroxylation is 2. The molecule has 1 aliphatic heterocycles. The van der Waals surface area contributed by atoms with Gasteiger partial charge in [-0.1, -0.05) is 19.1 Å². The molecule has 1 aromatic carbocycles. The van der Waals surface area contributed by atoms with Crippen LogP contribution >= 0.6 is 0 Å². The Morgan fingerprint density at radius 2 is 2.06 bits per heavy atom. The first-order chi connectivity index (χ1) is 16.1. The lowest BCUT2D eigenvalue weighted by Crippen LogP contribution is -2.38. The van der Waals surface area contributed by atoms with Gasteiger partial charge in [-0.3, -0.25) is 0 Å². The number of rotatable bonds is 6. The van der Waals surface area contributed by atoms with Crippen LogP contribution in [0.1, 0.15) is 45.2 Å². The fraction of sp³-hybridized carbons (Fsp3) is 0.500. The molecule has 0 bridgehead atoms. The predicted molar refractivity (Wildman–Crippen MR) is 135 cm³/mol. The van der Waals surface area contributed by atoms with Crippen LogP contribution in [-0.2, 0) is 24.8 Å². The second kappa shape index (κ2) is 9.62. The number of amides is 1. The molecule has 182 valence electrons. The average Bonchev–Trinajstić information content (AvgIpc) is 3.43. The highest BCUT2D eigenvalue weighted by molar-refractivity contribution is 5.79. The maximum absolute atomic E-state index is 12.3. The summed E-state index contributed by atoms with van der Waals surface area (Å²) < 4.78 is 7.52. The molecule has 0 spiro atoms. The molecule has 1 saturated heterocycles. The van der Waals surface area contributed by atoms with E-state index in [-0.39, 0.29) is 12.1 Å². The van der Waals surface area contributed by atoms with Crippen molar-refractivity contribution in [2.75, 3.05) is 25.0 Å². The normalized spacial score (nSPS) is 16.3. The zero-order chi connectivity index (χ0) is 24.5. The molecule has 1 unspecified atom stereocenters. The lowest BCUT2D eigenvalue weighted by molar-refractivity contribution is 0.0291. The highest BCUT2D eigenvalue weighted by atomic mass is 16.6.